The first-order chi connectivity index (χ1) is 20.7. The molecule has 1 aliphatic heterocycles. The maximum absolute atomic E-state index is 14.3. The quantitative estimate of drug-likeness (QED) is 0.196. The number of esters is 1. The average Bonchev–Trinajstić information content (AvgIpc) is 3.29. The number of carbonyl (C=O) groups excluding carboxylic acids is 1. The lowest BCUT2D eigenvalue weighted by molar-refractivity contribution is -0.139. The molecule has 0 bridgehead atoms. The standard InChI is InChI=1S/C30H26ClFN4O6S/c1-5-40-19-10-8-18(9-11-19)25-24(28(38)41-6-2)16(3)34-30-36(25)27(37)23(43-30)14-17-7-12-21(39-4)22(13-17)42-26-20(32)15-33-29(31)35-26/h7-15,25H,5-6H2,1-4H3/b23-14-/t25-/m1/s1. The van der Waals surface area contributed by atoms with Crippen LogP contribution in [0.2, 0.25) is 5.28 Å². The smallest absolute Gasteiger partial charge is 0.338 e. The molecule has 0 amide bonds. The summed E-state index contributed by atoms with van der Waals surface area (Å²) in [5, 5.41) is -0.188. The van der Waals surface area contributed by atoms with Gasteiger partial charge in [0.25, 0.3) is 11.4 Å². The van der Waals surface area contributed by atoms with E-state index in [1.54, 1.807) is 50.3 Å². The van der Waals surface area contributed by atoms with Gasteiger partial charge in [0.05, 0.1) is 48.4 Å². The lowest BCUT2D eigenvalue weighted by Gasteiger charge is -2.24. The SMILES string of the molecule is CCOC(=O)C1=C(C)N=c2s/c(=C\c3ccc(OC)c(Oc4nc(Cl)ncc4F)c3)c(=O)n2[C@@H]1c1ccc(OCC)cc1. The number of nitrogens with zero attached hydrogens (tertiary/aromatic N) is 4. The van der Waals surface area contributed by atoms with Crippen LogP contribution in [0.4, 0.5) is 4.39 Å². The van der Waals surface area contributed by atoms with Crippen molar-refractivity contribution in [3.63, 3.8) is 0 Å². The van der Waals surface area contributed by atoms with Gasteiger partial charge in [-0.2, -0.15) is 9.37 Å². The number of carbonyl (C=O) groups is 1. The summed E-state index contributed by atoms with van der Waals surface area (Å²) < 4.78 is 38.1. The van der Waals surface area contributed by atoms with Crippen molar-refractivity contribution < 1.29 is 28.1 Å². The highest BCUT2D eigenvalue weighted by Crippen LogP contribution is 2.34. The zero-order valence-corrected chi connectivity index (χ0v) is 25.2. The van der Waals surface area contributed by atoms with E-state index in [0.717, 1.165) is 6.20 Å². The minimum atomic E-state index is -0.813. The van der Waals surface area contributed by atoms with E-state index in [0.29, 0.717) is 44.3 Å². The number of allylic oxidation sites excluding steroid dienone is 1. The largest absolute Gasteiger partial charge is 0.494 e. The van der Waals surface area contributed by atoms with Crippen molar-refractivity contribution in [1.82, 2.24) is 14.5 Å². The molecule has 3 heterocycles. The second-order valence-corrected chi connectivity index (χ2v) is 10.5. The molecule has 1 atom stereocenters. The molecule has 0 aliphatic carbocycles. The van der Waals surface area contributed by atoms with Crippen LogP contribution >= 0.6 is 22.9 Å². The third-order valence-corrected chi connectivity index (χ3v) is 7.56. The van der Waals surface area contributed by atoms with Crippen molar-refractivity contribution in [2.24, 2.45) is 4.99 Å². The van der Waals surface area contributed by atoms with Crippen LogP contribution in [0.1, 0.15) is 37.9 Å². The summed E-state index contributed by atoms with van der Waals surface area (Å²) in [4.78, 5) is 39.4. The van der Waals surface area contributed by atoms with E-state index in [-0.39, 0.29) is 34.7 Å². The molecule has 13 heteroatoms. The van der Waals surface area contributed by atoms with Gasteiger partial charge in [0.2, 0.25) is 11.1 Å². The number of benzene rings is 2. The van der Waals surface area contributed by atoms with Gasteiger partial charge in [-0.05, 0) is 73.8 Å². The Morgan fingerprint density at radius 2 is 1.91 bits per heavy atom. The van der Waals surface area contributed by atoms with Crippen LogP contribution in [-0.2, 0) is 9.53 Å². The molecule has 43 heavy (non-hydrogen) atoms. The first-order valence-electron chi connectivity index (χ1n) is 13.2. The Morgan fingerprint density at radius 1 is 1.14 bits per heavy atom. The zero-order chi connectivity index (χ0) is 30.7. The second-order valence-electron chi connectivity index (χ2n) is 9.11. The van der Waals surface area contributed by atoms with Crippen LogP contribution in [0.5, 0.6) is 23.1 Å². The number of hydrogen-bond donors (Lipinski definition) is 0. The molecular formula is C30H26ClFN4O6S. The fraction of sp³-hybridized carbons (Fsp3) is 0.233. The van der Waals surface area contributed by atoms with E-state index < -0.39 is 17.8 Å². The number of fused-ring (bicyclic) bond motifs is 1. The highest BCUT2D eigenvalue weighted by Gasteiger charge is 2.33. The van der Waals surface area contributed by atoms with Gasteiger partial charge >= 0.3 is 5.97 Å². The van der Waals surface area contributed by atoms with Gasteiger partial charge in [-0.1, -0.05) is 29.5 Å². The first-order valence-corrected chi connectivity index (χ1v) is 14.4. The molecule has 10 nitrogen and oxygen atoms in total. The van der Waals surface area contributed by atoms with Crippen molar-refractivity contribution in [2.75, 3.05) is 20.3 Å². The Bertz CT molecular complexity index is 1910. The van der Waals surface area contributed by atoms with Gasteiger partial charge in [0.1, 0.15) is 5.75 Å². The van der Waals surface area contributed by atoms with E-state index in [1.165, 1.54) is 23.0 Å². The molecule has 2 aromatic carbocycles. The number of rotatable bonds is 9. The van der Waals surface area contributed by atoms with E-state index in [4.69, 9.17) is 30.5 Å². The highest BCUT2D eigenvalue weighted by atomic mass is 35.5. The van der Waals surface area contributed by atoms with Crippen molar-refractivity contribution in [3.8, 4) is 23.1 Å². The molecule has 4 aromatic rings. The number of aromatic nitrogens is 3. The highest BCUT2D eigenvalue weighted by molar-refractivity contribution is 7.07. The van der Waals surface area contributed by atoms with Gasteiger partial charge in [-0.25, -0.2) is 14.8 Å². The third-order valence-electron chi connectivity index (χ3n) is 6.40. The van der Waals surface area contributed by atoms with Gasteiger partial charge < -0.3 is 18.9 Å². The number of thiazole rings is 1. The van der Waals surface area contributed by atoms with Crippen LogP contribution in [0.3, 0.4) is 0 Å². The lowest BCUT2D eigenvalue weighted by atomic mass is 9.96. The Labute approximate surface area is 254 Å². The number of ether oxygens (including phenoxy) is 4. The summed E-state index contributed by atoms with van der Waals surface area (Å²) in [6.45, 7) is 6.00. The van der Waals surface area contributed by atoms with Crippen molar-refractivity contribution in [1.29, 1.82) is 0 Å². The summed E-state index contributed by atoms with van der Waals surface area (Å²) in [6.07, 6.45) is 2.55. The molecule has 0 spiro atoms. The summed E-state index contributed by atoms with van der Waals surface area (Å²) in [7, 11) is 1.44. The minimum Gasteiger partial charge on any atom is -0.494 e. The number of methoxy groups -OCH3 is 1. The fourth-order valence-electron chi connectivity index (χ4n) is 4.54. The molecule has 0 saturated heterocycles. The van der Waals surface area contributed by atoms with Gasteiger partial charge in [-0.3, -0.25) is 9.36 Å². The monoisotopic (exact) mass is 624 g/mol. The predicted octanol–water partition coefficient (Wildman–Crippen LogP) is 4.58. The molecule has 0 saturated carbocycles. The zero-order valence-electron chi connectivity index (χ0n) is 23.6. The minimum absolute atomic E-state index is 0.144. The van der Waals surface area contributed by atoms with Gasteiger partial charge in [-0.15, -0.1) is 0 Å². The van der Waals surface area contributed by atoms with Crippen LogP contribution in [0.25, 0.3) is 6.08 Å². The van der Waals surface area contributed by atoms with Crippen molar-refractivity contribution in [2.45, 2.75) is 26.8 Å². The Morgan fingerprint density at radius 3 is 2.60 bits per heavy atom. The molecular weight excluding hydrogens is 599 g/mol. The summed E-state index contributed by atoms with van der Waals surface area (Å²) in [5.74, 6) is -0.632. The van der Waals surface area contributed by atoms with E-state index >= 15 is 0 Å². The lowest BCUT2D eigenvalue weighted by Crippen LogP contribution is -2.39. The maximum Gasteiger partial charge on any atom is 0.338 e. The molecule has 0 N–H and O–H groups in total. The molecule has 5 rings (SSSR count). The Hall–Kier alpha value is -4.55. The van der Waals surface area contributed by atoms with Crippen LogP contribution in [0.15, 0.2) is 69.7 Å². The first kappa shape index (κ1) is 29.9. The van der Waals surface area contributed by atoms with Gasteiger partial charge in [0, 0.05) is 0 Å². The summed E-state index contributed by atoms with van der Waals surface area (Å²) in [5.41, 5.74) is 1.62. The van der Waals surface area contributed by atoms with Crippen molar-refractivity contribution >= 4 is 35.0 Å². The Balaban J connectivity index is 1.62. The molecule has 0 fully saturated rings. The normalized spacial score (nSPS) is 14.7. The fourth-order valence-corrected chi connectivity index (χ4v) is 5.71. The topological polar surface area (TPSA) is 114 Å². The Kier molecular flexibility index (Phi) is 8.88. The van der Waals surface area contributed by atoms with Crippen LogP contribution in [-0.4, -0.2) is 40.8 Å². The third kappa shape index (κ3) is 6.15. The van der Waals surface area contributed by atoms with Crippen LogP contribution in [0, 0.1) is 5.82 Å². The number of halogens is 2. The van der Waals surface area contributed by atoms with E-state index in [1.807, 2.05) is 19.1 Å². The predicted molar refractivity (Wildman–Crippen MR) is 158 cm³/mol. The maximum atomic E-state index is 14.3. The molecule has 2 aromatic heterocycles. The average molecular weight is 625 g/mol. The van der Waals surface area contributed by atoms with E-state index in [2.05, 4.69) is 15.0 Å². The molecule has 0 radical (unpaired) electrons. The second kappa shape index (κ2) is 12.8. The van der Waals surface area contributed by atoms with Crippen LogP contribution < -0.4 is 29.1 Å². The molecule has 0 unspecified atom stereocenters. The van der Waals surface area contributed by atoms with Crippen molar-refractivity contribution in [3.05, 3.63) is 102 Å². The molecule has 222 valence electrons. The summed E-state index contributed by atoms with van der Waals surface area (Å²) >= 11 is 6.98. The number of hydrogen-bond acceptors (Lipinski definition) is 10. The van der Waals surface area contributed by atoms with E-state index in [9.17, 15) is 14.0 Å². The molecule has 1 aliphatic rings. The van der Waals surface area contributed by atoms with Gasteiger partial charge in [0.15, 0.2) is 16.3 Å². The summed E-state index contributed by atoms with van der Waals surface area (Å²) in [6, 6.07) is 11.3.